The second-order valence-corrected chi connectivity index (χ2v) is 4.33. The minimum absolute atomic E-state index is 0.0379. The Hall–Kier alpha value is -1.62. The quantitative estimate of drug-likeness (QED) is 0.646. The molecule has 1 aromatic rings. The molecule has 0 spiro atoms. The third-order valence-electron chi connectivity index (χ3n) is 3.07. The number of hydrogen-bond acceptors (Lipinski definition) is 4. The van der Waals surface area contributed by atoms with Gasteiger partial charge in [0.2, 0.25) is 0 Å². The zero-order valence-electron chi connectivity index (χ0n) is 9.63. The van der Waals surface area contributed by atoms with E-state index in [1.165, 1.54) is 6.07 Å². The number of hydrogen-bond donors (Lipinski definition) is 1. The van der Waals surface area contributed by atoms with Gasteiger partial charge in [-0.1, -0.05) is 12.1 Å². The molecule has 2 unspecified atom stereocenters. The summed E-state index contributed by atoms with van der Waals surface area (Å²) in [5, 5.41) is 20.6. The third-order valence-corrected chi connectivity index (χ3v) is 3.07. The number of aliphatic hydroxyl groups is 1. The van der Waals surface area contributed by atoms with E-state index in [1.54, 1.807) is 19.1 Å². The van der Waals surface area contributed by atoms with Crippen LogP contribution in [-0.2, 0) is 0 Å². The Morgan fingerprint density at radius 3 is 2.82 bits per heavy atom. The number of nitro benzene ring substituents is 1. The van der Waals surface area contributed by atoms with Crippen LogP contribution in [0.4, 0.5) is 5.69 Å². The average Bonchev–Trinajstić information content (AvgIpc) is 2.67. The normalized spacial score (nSPS) is 23.6. The largest absolute Gasteiger partial charge is 0.481 e. The number of aliphatic hydroxyl groups excluding tert-OH is 1. The number of ether oxygens (including phenoxy) is 1. The zero-order valence-corrected chi connectivity index (χ0v) is 9.63. The van der Waals surface area contributed by atoms with Gasteiger partial charge in [-0.05, 0) is 31.7 Å². The Morgan fingerprint density at radius 1 is 1.47 bits per heavy atom. The van der Waals surface area contributed by atoms with E-state index in [4.69, 9.17) is 4.74 Å². The van der Waals surface area contributed by atoms with Crippen LogP contribution in [-0.4, -0.2) is 22.2 Å². The number of nitrogens with zero attached hydrogens (tertiary/aromatic N) is 1. The lowest BCUT2D eigenvalue weighted by molar-refractivity contribution is -0.386. The number of para-hydroxylation sites is 1. The van der Waals surface area contributed by atoms with Crippen molar-refractivity contribution in [2.24, 2.45) is 0 Å². The van der Waals surface area contributed by atoms with Crippen LogP contribution in [0.5, 0.6) is 5.75 Å². The lowest BCUT2D eigenvalue weighted by atomic mass is 10.2. The molecule has 0 aromatic heterocycles. The van der Waals surface area contributed by atoms with Crippen molar-refractivity contribution >= 4 is 5.69 Å². The van der Waals surface area contributed by atoms with Gasteiger partial charge < -0.3 is 9.84 Å². The minimum atomic E-state index is -0.519. The van der Waals surface area contributed by atoms with Gasteiger partial charge in [0, 0.05) is 6.07 Å². The highest BCUT2D eigenvalue weighted by Crippen LogP contribution is 2.34. The number of benzene rings is 1. The maximum Gasteiger partial charge on any atom is 0.311 e. The molecule has 1 aliphatic rings. The van der Waals surface area contributed by atoms with Gasteiger partial charge in [-0.15, -0.1) is 0 Å². The highest BCUT2D eigenvalue weighted by molar-refractivity contribution is 5.51. The molecule has 1 aromatic carbocycles. The predicted molar refractivity (Wildman–Crippen MR) is 62.1 cm³/mol. The van der Waals surface area contributed by atoms with Crippen molar-refractivity contribution in [2.75, 3.05) is 0 Å². The first-order valence-corrected chi connectivity index (χ1v) is 5.68. The van der Waals surface area contributed by atoms with Gasteiger partial charge in [0.1, 0.15) is 6.10 Å². The van der Waals surface area contributed by atoms with E-state index in [0.29, 0.717) is 6.42 Å². The first kappa shape index (κ1) is 11.9. The molecule has 0 bridgehead atoms. The molecule has 5 heteroatoms. The summed E-state index contributed by atoms with van der Waals surface area (Å²) < 4.78 is 5.62. The molecule has 0 amide bonds. The lowest BCUT2D eigenvalue weighted by Gasteiger charge is -2.18. The standard InChI is InChI=1S/C12H15NO4/c1-8-4-2-5-9(13(15)16)12(8)17-11-7-3-6-10(11)14/h2,4-5,10-11,14H,3,6-7H2,1H3. The summed E-state index contributed by atoms with van der Waals surface area (Å²) in [6.45, 7) is 1.77. The summed E-state index contributed by atoms with van der Waals surface area (Å²) in [7, 11) is 0. The van der Waals surface area contributed by atoms with E-state index in [2.05, 4.69) is 0 Å². The number of nitro groups is 1. The fourth-order valence-electron chi connectivity index (χ4n) is 2.13. The Bertz CT molecular complexity index is 433. The molecule has 0 saturated heterocycles. The van der Waals surface area contributed by atoms with Crippen LogP contribution in [0.2, 0.25) is 0 Å². The first-order valence-electron chi connectivity index (χ1n) is 5.68. The van der Waals surface area contributed by atoms with Crippen molar-refractivity contribution < 1.29 is 14.8 Å². The molecule has 2 rings (SSSR count). The maximum atomic E-state index is 10.9. The molecule has 0 radical (unpaired) electrons. The summed E-state index contributed by atoms with van der Waals surface area (Å²) in [5.41, 5.74) is 0.683. The Morgan fingerprint density at radius 2 is 2.24 bits per heavy atom. The van der Waals surface area contributed by atoms with Gasteiger partial charge in [-0.3, -0.25) is 10.1 Å². The molecule has 1 saturated carbocycles. The highest BCUT2D eigenvalue weighted by atomic mass is 16.6. The smallest absolute Gasteiger partial charge is 0.311 e. The van der Waals surface area contributed by atoms with Crippen LogP contribution in [0.15, 0.2) is 18.2 Å². The number of aryl methyl sites for hydroxylation is 1. The van der Waals surface area contributed by atoms with Crippen molar-refractivity contribution in [1.82, 2.24) is 0 Å². The Balaban J connectivity index is 2.27. The molecule has 17 heavy (non-hydrogen) atoms. The summed E-state index contributed by atoms with van der Waals surface area (Å²) in [5.74, 6) is 0.281. The van der Waals surface area contributed by atoms with Gasteiger partial charge in [0.05, 0.1) is 11.0 Å². The summed E-state index contributed by atoms with van der Waals surface area (Å²) in [6.07, 6.45) is 1.49. The van der Waals surface area contributed by atoms with Crippen LogP contribution >= 0.6 is 0 Å². The average molecular weight is 237 g/mol. The van der Waals surface area contributed by atoms with Gasteiger partial charge in [-0.25, -0.2) is 0 Å². The van der Waals surface area contributed by atoms with Crippen molar-refractivity contribution in [2.45, 2.75) is 38.4 Å². The fourth-order valence-corrected chi connectivity index (χ4v) is 2.13. The van der Waals surface area contributed by atoms with Crippen molar-refractivity contribution in [3.05, 3.63) is 33.9 Å². The van der Waals surface area contributed by atoms with Gasteiger partial charge in [0.25, 0.3) is 0 Å². The fraction of sp³-hybridized carbons (Fsp3) is 0.500. The molecule has 92 valence electrons. The number of rotatable bonds is 3. The van der Waals surface area contributed by atoms with Gasteiger partial charge in [0.15, 0.2) is 5.75 Å². The van der Waals surface area contributed by atoms with Crippen molar-refractivity contribution in [3.8, 4) is 5.75 Å². The molecule has 1 N–H and O–H groups in total. The van der Waals surface area contributed by atoms with E-state index in [9.17, 15) is 15.2 Å². The molecule has 2 atom stereocenters. The van der Waals surface area contributed by atoms with Crippen LogP contribution in [0.3, 0.4) is 0 Å². The van der Waals surface area contributed by atoms with Gasteiger partial charge in [-0.2, -0.15) is 0 Å². The molecular formula is C12H15NO4. The van der Waals surface area contributed by atoms with E-state index in [-0.39, 0.29) is 17.5 Å². The molecule has 5 nitrogen and oxygen atoms in total. The Labute approximate surface area is 99.2 Å². The molecular weight excluding hydrogens is 222 g/mol. The maximum absolute atomic E-state index is 10.9. The van der Waals surface area contributed by atoms with Crippen LogP contribution in [0.1, 0.15) is 24.8 Å². The topological polar surface area (TPSA) is 72.6 Å². The van der Waals surface area contributed by atoms with Crippen LogP contribution in [0.25, 0.3) is 0 Å². The lowest BCUT2D eigenvalue weighted by Crippen LogP contribution is -2.26. The van der Waals surface area contributed by atoms with E-state index < -0.39 is 11.0 Å². The molecule has 0 aliphatic heterocycles. The van der Waals surface area contributed by atoms with E-state index in [0.717, 1.165) is 18.4 Å². The highest BCUT2D eigenvalue weighted by Gasteiger charge is 2.29. The SMILES string of the molecule is Cc1cccc([N+](=O)[O-])c1OC1CCCC1O. The van der Waals surface area contributed by atoms with Gasteiger partial charge >= 0.3 is 5.69 Å². The van der Waals surface area contributed by atoms with E-state index in [1.807, 2.05) is 0 Å². The minimum Gasteiger partial charge on any atom is -0.481 e. The Kier molecular flexibility index (Phi) is 3.28. The zero-order chi connectivity index (χ0) is 12.4. The summed E-state index contributed by atoms with van der Waals surface area (Å²) in [6, 6.07) is 4.82. The second kappa shape index (κ2) is 4.71. The monoisotopic (exact) mass is 237 g/mol. The first-order chi connectivity index (χ1) is 8.09. The second-order valence-electron chi connectivity index (χ2n) is 4.33. The molecule has 1 fully saturated rings. The third kappa shape index (κ3) is 2.39. The van der Waals surface area contributed by atoms with Crippen molar-refractivity contribution in [3.63, 3.8) is 0 Å². The van der Waals surface area contributed by atoms with Crippen LogP contribution in [0, 0.1) is 17.0 Å². The predicted octanol–water partition coefficient (Wildman–Crippen LogP) is 2.20. The van der Waals surface area contributed by atoms with Crippen molar-refractivity contribution in [1.29, 1.82) is 0 Å². The van der Waals surface area contributed by atoms with E-state index >= 15 is 0 Å². The van der Waals surface area contributed by atoms with Crippen LogP contribution < -0.4 is 4.74 Å². The summed E-state index contributed by atoms with van der Waals surface area (Å²) >= 11 is 0. The summed E-state index contributed by atoms with van der Waals surface area (Å²) in [4.78, 5) is 10.4. The molecule has 1 aliphatic carbocycles. The molecule has 0 heterocycles.